The fraction of sp³-hybridized carbons (Fsp3) is 0.792. The van der Waals surface area contributed by atoms with Crippen LogP contribution in [0, 0.1) is 46.3 Å². The standard InChI is InChI=1S/C24H34O8/c1-23(2,3)16-14(19(26)31-21(16)28)8-7-12-11-30-18(25)13(12)9-10-15-17(24(4,5)6)22(29)32-20(15)27/h12-17H,7-11H2,1-6H3. The summed E-state index contributed by atoms with van der Waals surface area (Å²) in [7, 11) is 0. The van der Waals surface area contributed by atoms with E-state index in [4.69, 9.17) is 14.2 Å². The normalized spacial score (nSPS) is 33.5. The van der Waals surface area contributed by atoms with E-state index in [-0.39, 0.29) is 18.5 Å². The quantitative estimate of drug-likeness (QED) is 0.345. The fourth-order valence-corrected chi connectivity index (χ4v) is 5.56. The van der Waals surface area contributed by atoms with Gasteiger partial charge in [-0.1, -0.05) is 41.5 Å². The molecule has 178 valence electrons. The lowest BCUT2D eigenvalue weighted by molar-refractivity contribution is -0.156. The molecular formula is C24H34O8. The maximum atomic E-state index is 12.4. The summed E-state index contributed by atoms with van der Waals surface area (Å²) < 4.78 is 15.1. The predicted molar refractivity (Wildman–Crippen MR) is 111 cm³/mol. The highest BCUT2D eigenvalue weighted by Gasteiger charge is 2.52. The van der Waals surface area contributed by atoms with E-state index in [1.807, 2.05) is 41.5 Å². The maximum absolute atomic E-state index is 12.4. The third kappa shape index (κ3) is 4.74. The summed E-state index contributed by atoms with van der Waals surface area (Å²) in [4.78, 5) is 61.3. The van der Waals surface area contributed by atoms with Crippen molar-refractivity contribution in [3.8, 4) is 0 Å². The predicted octanol–water partition coefficient (Wildman–Crippen LogP) is 3.06. The number of hydrogen-bond donors (Lipinski definition) is 0. The van der Waals surface area contributed by atoms with Crippen LogP contribution in [0.15, 0.2) is 0 Å². The van der Waals surface area contributed by atoms with Crippen LogP contribution in [0.25, 0.3) is 0 Å². The van der Waals surface area contributed by atoms with Gasteiger partial charge in [-0.25, -0.2) is 0 Å². The Balaban J connectivity index is 1.65. The second kappa shape index (κ2) is 8.60. The Bertz CT molecular complexity index is 815. The van der Waals surface area contributed by atoms with Crippen LogP contribution < -0.4 is 0 Å². The largest absolute Gasteiger partial charge is 0.465 e. The van der Waals surface area contributed by atoms with E-state index in [0.717, 1.165) is 0 Å². The minimum absolute atomic E-state index is 0.118. The summed E-state index contributed by atoms with van der Waals surface area (Å²) in [5.41, 5.74) is -0.840. The molecule has 3 saturated heterocycles. The van der Waals surface area contributed by atoms with E-state index in [1.54, 1.807) is 0 Å². The van der Waals surface area contributed by atoms with Gasteiger partial charge in [-0.05, 0) is 36.5 Å². The fourth-order valence-electron chi connectivity index (χ4n) is 5.56. The van der Waals surface area contributed by atoms with Gasteiger partial charge in [-0.2, -0.15) is 0 Å². The highest BCUT2D eigenvalue weighted by Crippen LogP contribution is 2.44. The van der Waals surface area contributed by atoms with Crippen LogP contribution in [0.3, 0.4) is 0 Å². The maximum Gasteiger partial charge on any atom is 0.318 e. The monoisotopic (exact) mass is 450 g/mol. The van der Waals surface area contributed by atoms with Crippen molar-refractivity contribution in [1.82, 2.24) is 0 Å². The highest BCUT2D eigenvalue weighted by molar-refractivity contribution is 5.97. The topological polar surface area (TPSA) is 113 Å². The lowest BCUT2D eigenvalue weighted by Crippen LogP contribution is -2.32. The Morgan fingerprint density at radius 2 is 1.00 bits per heavy atom. The summed E-state index contributed by atoms with van der Waals surface area (Å²) in [5.74, 6) is -5.05. The number of carbonyl (C=O) groups excluding carboxylic acids is 5. The molecule has 3 aliphatic rings. The van der Waals surface area contributed by atoms with Crippen molar-refractivity contribution in [3.63, 3.8) is 0 Å². The third-order valence-corrected chi connectivity index (χ3v) is 7.14. The summed E-state index contributed by atoms with van der Waals surface area (Å²) in [6.45, 7) is 11.6. The van der Waals surface area contributed by atoms with Gasteiger partial charge in [-0.3, -0.25) is 24.0 Å². The van der Waals surface area contributed by atoms with Crippen LogP contribution in [-0.4, -0.2) is 36.5 Å². The van der Waals surface area contributed by atoms with E-state index < -0.39 is 64.3 Å². The van der Waals surface area contributed by atoms with E-state index in [9.17, 15) is 24.0 Å². The third-order valence-electron chi connectivity index (χ3n) is 7.14. The second-order valence-corrected chi connectivity index (χ2v) is 11.5. The Kier molecular flexibility index (Phi) is 6.55. The number of rotatable bonds is 6. The molecule has 3 rings (SSSR count). The minimum atomic E-state index is -0.579. The van der Waals surface area contributed by atoms with Crippen LogP contribution in [0.5, 0.6) is 0 Å². The average Bonchev–Trinajstić information content (AvgIpc) is 3.23. The Morgan fingerprint density at radius 1 is 0.594 bits per heavy atom. The molecule has 3 heterocycles. The molecule has 0 spiro atoms. The average molecular weight is 451 g/mol. The summed E-state index contributed by atoms with van der Waals surface area (Å²) in [5, 5.41) is 0. The number of ether oxygens (including phenoxy) is 3. The molecule has 6 unspecified atom stereocenters. The van der Waals surface area contributed by atoms with Crippen LogP contribution in [0.4, 0.5) is 0 Å². The van der Waals surface area contributed by atoms with E-state index >= 15 is 0 Å². The van der Waals surface area contributed by atoms with Crippen molar-refractivity contribution in [2.24, 2.45) is 46.3 Å². The van der Waals surface area contributed by atoms with Gasteiger partial charge in [0.15, 0.2) is 0 Å². The van der Waals surface area contributed by atoms with Crippen LogP contribution >= 0.6 is 0 Å². The van der Waals surface area contributed by atoms with Gasteiger partial charge in [-0.15, -0.1) is 0 Å². The van der Waals surface area contributed by atoms with E-state index in [2.05, 4.69) is 0 Å². The zero-order valence-electron chi connectivity index (χ0n) is 19.8. The summed E-state index contributed by atoms with van der Waals surface area (Å²) in [6, 6.07) is 0. The number of hydrogen-bond acceptors (Lipinski definition) is 8. The zero-order chi connectivity index (χ0) is 24.0. The molecule has 0 amide bonds. The molecule has 0 aromatic rings. The molecule has 0 aromatic heterocycles. The second-order valence-electron chi connectivity index (χ2n) is 11.5. The molecule has 0 aliphatic carbocycles. The molecule has 6 atom stereocenters. The molecule has 3 aliphatic heterocycles. The van der Waals surface area contributed by atoms with Crippen LogP contribution in [0.1, 0.15) is 67.2 Å². The molecule has 0 N–H and O–H groups in total. The minimum Gasteiger partial charge on any atom is -0.465 e. The first-order chi connectivity index (χ1) is 14.7. The molecule has 0 radical (unpaired) electrons. The Hall–Kier alpha value is -2.25. The van der Waals surface area contributed by atoms with Gasteiger partial charge in [0.1, 0.15) is 0 Å². The van der Waals surface area contributed by atoms with Gasteiger partial charge in [0.25, 0.3) is 0 Å². The van der Waals surface area contributed by atoms with Gasteiger partial charge >= 0.3 is 29.8 Å². The van der Waals surface area contributed by atoms with Crippen LogP contribution in [0.2, 0.25) is 0 Å². The van der Waals surface area contributed by atoms with Gasteiger partial charge in [0.2, 0.25) is 0 Å². The highest BCUT2D eigenvalue weighted by atomic mass is 16.6. The molecule has 0 aromatic carbocycles. The molecule has 0 saturated carbocycles. The molecule has 0 bridgehead atoms. The Morgan fingerprint density at radius 3 is 1.44 bits per heavy atom. The molecule has 8 nitrogen and oxygen atoms in total. The molecule has 3 fully saturated rings. The summed E-state index contributed by atoms with van der Waals surface area (Å²) >= 11 is 0. The van der Waals surface area contributed by atoms with Crippen molar-refractivity contribution in [2.45, 2.75) is 67.2 Å². The lowest BCUT2D eigenvalue weighted by Gasteiger charge is -2.28. The SMILES string of the molecule is CC(C)(C)C1C(=O)OC(=O)C1CCC1COC(=O)C1CCC1C(=O)OC(=O)C1C(C)(C)C. The van der Waals surface area contributed by atoms with Crippen LogP contribution in [-0.2, 0) is 38.2 Å². The zero-order valence-corrected chi connectivity index (χ0v) is 19.8. The number of carbonyl (C=O) groups is 5. The van der Waals surface area contributed by atoms with E-state index in [1.165, 1.54) is 0 Å². The van der Waals surface area contributed by atoms with Gasteiger partial charge in [0.05, 0.1) is 36.2 Å². The van der Waals surface area contributed by atoms with Crippen molar-refractivity contribution < 1.29 is 38.2 Å². The summed E-state index contributed by atoms with van der Waals surface area (Å²) in [6.07, 6.45) is 1.73. The first-order valence-corrected chi connectivity index (χ1v) is 11.4. The molecule has 32 heavy (non-hydrogen) atoms. The van der Waals surface area contributed by atoms with Gasteiger partial charge in [0, 0.05) is 5.92 Å². The number of cyclic esters (lactones) is 5. The lowest BCUT2D eigenvalue weighted by atomic mass is 9.71. The molecule has 8 heteroatoms. The van der Waals surface area contributed by atoms with Crippen molar-refractivity contribution in [3.05, 3.63) is 0 Å². The first kappa shape index (κ1) is 24.4. The van der Waals surface area contributed by atoms with Crippen molar-refractivity contribution >= 4 is 29.8 Å². The number of esters is 5. The van der Waals surface area contributed by atoms with Crippen molar-refractivity contribution in [1.29, 1.82) is 0 Å². The van der Waals surface area contributed by atoms with Gasteiger partial charge < -0.3 is 14.2 Å². The van der Waals surface area contributed by atoms with E-state index in [0.29, 0.717) is 25.7 Å². The smallest absolute Gasteiger partial charge is 0.318 e. The molecular weight excluding hydrogens is 416 g/mol. The van der Waals surface area contributed by atoms with Crippen molar-refractivity contribution in [2.75, 3.05) is 6.61 Å². The Labute approximate surface area is 188 Å². The first-order valence-electron chi connectivity index (χ1n) is 11.4.